The van der Waals surface area contributed by atoms with Gasteiger partial charge >= 0.3 is 6.18 Å². The van der Waals surface area contributed by atoms with Crippen molar-refractivity contribution in [1.29, 1.82) is 0 Å². The van der Waals surface area contributed by atoms with Gasteiger partial charge in [-0.25, -0.2) is 9.97 Å². The molecule has 30 heavy (non-hydrogen) atoms. The summed E-state index contributed by atoms with van der Waals surface area (Å²) in [5, 5.41) is 0.173. The van der Waals surface area contributed by atoms with Crippen LogP contribution in [0.4, 0.5) is 24.9 Å². The van der Waals surface area contributed by atoms with E-state index in [9.17, 15) is 18.0 Å². The zero-order valence-corrected chi connectivity index (χ0v) is 16.6. The first-order valence-electron chi connectivity index (χ1n) is 9.58. The fourth-order valence-electron chi connectivity index (χ4n) is 3.80. The molecule has 1 aromatic carbocycles. The smallest absolute Gasteiger partial charge is 0.347 e. The van der Waals surface area contributed by atoms with Crippen LogP contribution in [0.2, 0.25) is 0 Å². The second kappa shape index (κ2) is 7.58. The third-order valence-corrected chi connectivity index (χ3v) is 5.10. The maximum absolute atomic E-state index is 13.3. The zero-order valence-electron chi connectivity index (χ0n) is 16.6. The number of aromatic nitrogens is 4. The Morgan fingerprint density at radius 2 is 1.93 bits per heavy atom. The lowest BCUT2D eigenvalue weighted by Crippen LogP contribution is -2.36. The summed E-state index contributed by atoms with van der Waals surface area (Å²) in [4.78, 5) is 29.8. The molecule has 0 amide bonds. The second-order valence-corrected chi connectivity index (χ2v) is 7.45. The van der Waals surface area contributed by atoms with Gasteiger partial charge in [0.15, 0.2) is 0 Å². The molecule has 3 heterocycles. The van der Waals surface area contributed by atoms with Crippen LogP contribution >= 0.6 is 0 Å². The third kappa shape index (κ3) is 3.81. The largest absolute Gasteiger partial charge is 0.406 e. The van der Waals surface area contributed by atoms with E-state index in [4.69, 9.17) is 0 Å². The number of hydrogen-bond acceptors (Lipinski definition) is 6. The summed E-state index contributed by atoms with van der Waals surface area (Å²) in [6.45, 7) is -0.778. The van der Waals surface area contributed by atoms with Crippen LogP contribution in [-0.4, -0.2) is 46.3 Å². The molecule has 0 aliphatic carbocycles. The van der Waals surface area contributed by atoms with E-state index in [1.165, 1.54) is 6.07 Å². The van der Waals surface area contributed by atoms with Gasteiger partial charge in [0.05, 0.1) is 16.9 Å². The van der Waals surface area contributed by atoms with Crippen molar-refractivity contribution in [3.05, 3.63) is 52.7 Å². The van der Waals surface area contributed by atoms with Crippen LogP contribution in [0.3, 0.4) is 0 Å². The van der Waals surface area contributed by atoms with Crippen molar-refractivity contribution in [2.24, 2.45) is 0 Å². The van der Waals surface area contributed by atoms with Crippen LogP contribution in [-0.2, 0) is 6.54 Å². The maximum atomic E-state index is 13.3. The van der Waals surface area contributed by atoms with Crippen molar-refractivity contribution in [2.75, 3.05) is 30.4 Å². The highest BCUT2D eigenvalue weighted by atomic mass is 19.4. The Bertz CT molecular complexity index is 1130. The number of fused-ring (bicyclic) bond motifs is 1. The topological polar surface area (TPSA) is 67.2 Å². The lowest BCUT2D eigenvalue weighted by molar-refractivity contribution is -0.141. The fourth-order valence-corrected chi connectivity index (χ4v) is 3.80. The van der Waals surface area contributed by atoms with Crippen LogP contribution in [0.1, 0.15) is 24.7 Å². The Balaban J connectivity index is 1.85. The van der Waals surface area contributed by atoms with E-state index in [2.05, 4.69) is 15.0 Å². The predicted molar refractivity (Wildman–Crippen MR) is 108 cm³/mol. The Morgan fingerprint density at radius 3 is 2.67 bits per heavy atom. The third-order valence-electron chi connectivity index (χ3n) is 5.10. The Kier molecular flexibility index (Phi) is 5.08. The van der Waals surface area contributed by atoms with Crippen LogP contribution in [0.25, 0.3) is 10.9 Å². The van der Waals surface area contributed by atoms with Crippen LogP contribution in [0.15, 0.2) is 41.3 Å². The van der Waals surface area contributed by atoms with Crippen LogP contribution in [0.5, 0.6) is 0 Å². The van der Waals surface area contributed by atoms with Crippen LogP contribution < -0.4 is 15.4 Å². The van der Waals surface area contributed by atoms with Crippen molar-refractivity contribution in [3.8, 4) is 0 Å². The minimum Gasteiger partial charge on any atom is -0.347 e. The normalized spacial score (nSPS) is 17.0. The summed E-state index contributed by atoms with van der Waals surface area (Å²) in [5.74, 6) is 1.20. The van der Waals surface area contributed by atoms with Crippen molar-refractivity contribution < 1.29 is 13.2 Å². The number of nitrogens with zero attached hydrogens (tertiary/aromatic N) is 6. The lowest BCUT2D eigenvalue weighted by Gasteiger charge is -2.28. The second-order valence-electron chi connectivity index (χ2n) is 7.45. The number of rotatable bonds is 4. The molecule has 3 aromatic rings. The summed E-state index contributed by atoms with van der Waals surface area (Å²) >= 11 is 0. The van der Waals surface area contributed by atoms with E-state index in [1.807, 2.05) is 19.0 Å². The molecular formula is C20H21F3N6O. The van der Waals surface area contributed by atoms with Gasteiger partial charge in [-0.3, -0.25) is 9.36 Å². The number of hydrogen-bond donors (Lipinski definition) is 0. The van der Waals surface area contributed by atoms with Crippen molar-refractivity contribution in [1.82, 2.24) is 19.5 Å². The fraction of sp³-hybridized carbons (Fsp3) is 0.400. The molecule has 1 saturated heterocycles. The van der Waals surface area contributed by atoms with Crippen molar-refractivity contribution in [2.45, 2.75) is 31.6 Å². The van der Waals surface area contributed by atoms with Gasteiger partial charge in [-0.05, 0) is 31.0 Å². The molecule has 1 unspecified atom stereocenters. The maximum Gasteiger partial charge on any atom is 0.406 e. The summed E-state index contributed by atoms with van der Waals surface area (Å²) in [6, 6.07) is 7.71. The Morgan fingerprint density at radius 1 is 1.17 bits per heavy atom. The molecule has 1 atom stereocenters. The Hall–Kier alpha value is -3.17. The van der Waals surface area contributed by atoms with Gasteiger partial charge in [-0.1, -0.05) is 12.1 Å². The first-order chi connectivity index (χ1) is 14.2. The predicted octanol–water partition coefficient (Wildman–Crippen LogP) is 3.16. The molecule has 0 spiro atoms. The summed E-state index contributed by atoms with van der Waals surface area (Å²) < 4.78 is 40.7. The van der Waals surface area contributed by atoms with Gasteiger partial charge in [0.2, 0.25) is 5.95 Å². The summed E-state index contributed by atoms with van der Waals surface area (Å²) in [6.07, 6.45) is -1.60. The molecule has 1 aliphatic heterocycles. The monoisotopic (exact) mass is 418 g/mol. The van der Waals surface area contributed by atoms with Gasteiger partial charge in [-0.2, -0.15) is 18.2 Å². The van der Waals surface area contributed by atoms with E-state index in [0.29, 0.717) is 30.2 Å². The van der Waals surface area contributed by atoms with Gasteiger partial charge < -0.3 is 9.80 Å². The highest BCUT2D eigenvalue weighted by Gasteiger charge is 2.36. The zero-order chi connectivity index (χ0) is 21.5. The van der Waals surface area contributed by atoms with E-state index in [0.717, 1.165) is 11.0 Å². The minimum absolute atomic E-state index is 0.110. The Labute approximate surface area is 170 Å². The number of para-hydroxylation sites is 1. The number of benzene rings is 1. The molecule has 1 aliphatic rings. The number of halogens is 3. The van der Waals surface area contributed by atoms with Crippen molar-refractivity contribution >= 4 is 22.7 Å². The highest BCUT2D eigenvalue weighted by molar-refractivity contribution is 5.77. The molecule has 7 nitrogen and oxygen atoms in total. The summed E-state index contributed by atoms with van der Waals surface area (Å²) in [5.41, 5.74) is -0.295. The van der Waals surface area contributed by atoms with Gasteiger partial charge in [0.25, 0.3) is 5.56 Å². The van der Waals surface area contributed by atoms with E-state index < -0.39 is 24.3 Å². The lowest BCUT2D eigenvalue weighted by atomic mass is 10.1. The van der Waals surface area contributed by atoms with E-state index >= 15 is 0 Å². The SMILES string of the molecule is CN(C)c1nccc(N2CCCC2c2nc3ccccc3c(=O)n2CC(F)(F)F)n1. The molecule has 0 bridgehead atoms. The van der Waals surface area contributed by atoms with Gasteiger partial charge in [-0.15, -0.1) is 0 Å². The number of anilines is 2. The highest BCUT2D eigenvalue weighted by Crippen LogP contribution is 2.35. The molecule has 1 fully saturated rings. The molecule has 0 saturated carbocycles. The van der Waals surface area contributed by atoms with Gasteiger partial charge in [0.1, 0.15) is 18.2 Å². The molecule has 0 N–H and O–H groups in total. The van der Waals surface area contributed by atoms with E-state index in [1.54, 1.807) is 35.4 Å². The quantitative estimate of drug-likeness (QED) is 0.649. The molecule has 158 valence electrons. The average Bonchev–Trinajstić information content (AvgIpc) is 3.19. The first kappa shape index (κ1) is 20.1. The molecular weight excluding hydrogens is 397 g/mol. The van der Waals surface area contributed by atoms with Crippen molar-refractivity contribution in [3.63, 3.8) is 0 Å². The molecule has 0 radical (unpaired) electrons. The number of alkyl halides is 3. The van der Waals surface area contributed by atoms with Gasteiger partial charge in [0, 0.05) is 26.8 Å². The molecule has 2 aromatic heterocycles. The van der Waals surface area contributed by atoms with Crippen LogP contribution in [0, 0.1) is 0 Å². The minimum atomic E-state index is -4.54. The molecule has 10 heteroatoms. The first-order valence-corrected chi connectivity index (χ1v) is 9.58. The standard InChI is InChI=1S/C20H21F3N6O/c1-27(2)19-24-10-9-16(26-19)28-11-5-8-15(28)17-25-14-7-4-3-6-13(14)18(30)29(17)12-20(21,22)23/h3-4,6-7,9-10,15H,5,8,11-12H2,1-2H3. The molecule has 4 rings (SSSR count). The summed E-state index contributed by atoms with van der Waals surface area (Å²) in [7, 11) is 3.62. The average molecular weight is 418 g/mol. The van der Waals surface area contributed by atoms with E-state index in [-0.39, 0.29) is 11.2 Å².